The quantitative estimate of drug-likeness (QED) is 0.663. The van der Waals surface area contributed by atoms with Gasteiger partial charge in [-0.1, -0.05) is 13.3 Å². The molecule has 5 N–H and O–H groups in total. The van der Waals surface area contributed by atoms with Gasteiger partial charge in [0.2, 0.25) is 0 Å². The summed E-state index contributed by atoms with van der Waals surface area (Å²) in [7, 11) is 0. The molecule has 1 aliphatic heterocycles. The van der Waals surface area contributed by atoms with Crippen molar-refractivity contribution < 1.29 is 4.65 Å². The van der Waals surface area contributed by atoms with Gasteiger partial charge in [0, 0.05) is 23.9 Å². The van der Waals surface area contributed by atoms with E-state index in [0.29, 0.717) is 5.70 Å². The number of hydrogen-bond acceptors (Lipinski definition) is 4. The lowest BCUT2D eigenvalue weighted by Gasteiger charge is -2.17. The monoisotopic (exact) mass is 247 g/mol. The predicted octanol–water partition coefficient (Wildman–Crippen LogP) is 1.65. The molecular formula is C13H22BN3O. The van der Waals surface area contributed by atoms with E-state index >= 15 is 0 Å². The zero-order valence-corrected chi connectivity index (χ0v) is 11.1. The lowest BCUT2D eigenvalue weighted by atomic mass is 9.63. The van der Waals surface area contributed by atoms with Gasteiger partial charge in [-0.05, 0) is 37.7 Å². The SMILES string of the molecule is CCCB1CN/C=C(\C=C/N)C(/N)=C\C=C(/C)O1. The molecule has 0 radical (unpaired) electrons. The van der Waals surface area contributed by atoms with Crippen LogP contribution >= 0.6 is 0 Å². The Labute approximate surface area is 110 Å². The van der Waals surface area contributed by atoms with E-state index in [1.165, 1.54) is 6.20 Å². The van der Waals surface area contributed by atoms with Crippen LogP contribution in [0.15, 0.2) is 47.7 Å². The highest BCUT2D eigenvalue weighted by molar-refractivity contribution is 6.52. The summed E-state index contributed by atoms with van der Waals surface area (Å²) in [6, 6.07) is 0. The molecule has 0 unspecified atom stereocenters. The number of rotatable bonds is 3. The Morgan fingerprint density at radius 3 is 2.94 bits per heavy atom. The van der Waals surface area contributed by atoms with Gasteiger partial charge in [-0.3, -0.25) is 0 Å². The van der Waals surface area contributed by atoms with Crippen LogP contribution in [-0.2, 0) is 4.65 Å². The van der Waals surface area contributed by atoms with Crippen molar-refractivity contribution in [2.75, 3.05) is 6.44 Å². The van der Waals surface area contributed by atoms with E-state index in [2.05, 4.69) is 12.2 Å². The van der Waals surface area contributed by atoms with Crippen molar-refractivity contribution in [1.29, 1.82) is 0 Å². The maximum Gasteiger partial charge on any atom is 0.376 e. The van der Waals surface area contributed by atoms with Crippen LogP contribution in [0.1, 0.15) is 20.3 Å². The van der Waals surface area contributed by atoms with E-state index in [0.717, 1.165) is 30.5 Å². The van der Waals surface area contributed by atoms with E-state index in [1.54, 1.807) is 6.08 Å². The second-order valence-electron chi connectivity index (χ2n) is 4.29. The third-order valence-electron chi connectivity index (χ3n) is 2.67. The first kappa shape index (κ1) is 14.3. The predicted molar refractivity (Wildman–Crippen MR) is 77.4 cm³/mol. The number of hydrogen-bond donors (Lipinski definition) is 3. The fourth-order valence-corrected chi connectivity index (χ4v) is 1.76. The normalized spacial score (nSPS) is 26.1. The summed E-state index contributed by atoms with van der Waals surface area (Å²) < 4.78 is 5.84. The fourth-order valence-electron chi connectivity index (χ4n) is 1.76. The molecule has 0 saturated carbocycles. The fraction of sp³-hybridized carbons (Fsp3) is 0.385. The van der Waals surface area contributed by atoms with Gasteiger partial charge < -0.3 is 21.4 Å². The Hall–Kier alpha value is -1.78. The molecule has 5 heteroatoms. The maximum absolute atomic E-state index is 5.96. The molecule has 0 amide bonds. The molecule has 0 saturated heterocycles. The van der Waals surface area contributed by atoms with Crippen molar-refractivity contribution >= 4 is 6.92 Å². The van der Waals surface area contributed by atoms with E-state index in [-0.39, 0.29) is 6.92 Å². The lowest BCUT2D eigenvalue weighted by molar-refractivity contribution is 0.428. The molecule has 1 aliphatic rings. The summed E-state index contributed by atoms with van der Waals surface area (Å²) in [5.41, 5.74) is 12.9. The molecule has 0 atom stereocenters. The summed E-state index contributed by atoms with van der Waals surface area (Å²) in [6.45, 7) is 4.27. The molecule has 18 heavy (non-hydrogen) atoms. The Kier molecular flexibility index (Phi) is 5.98. The summed E-state index contributed by atoms with van der Waals surface area (Å²) in [4.78, 5) is 0. The van der Waals surface area contributed by atoms with Crippen LogP contribution < -0.4 is 16.8 Å². The van der Waals surface area contributed by atoms with Crippen molar-refractivity contribution in [3.8, 4) is 0 Å². The summed E-state index contributed by atoms with van der Waals surface area (Å²) in [6.07, 6.45) is 11.7. The second-order valence-corrected chi connectivity index (χ2v) is 4.29. The molecule has 0 aromatic rings. The van der Waals surface area contributed by atoms with Crippen LogP contribution in [-0.4, -0.2) is 13.4 Å². The zero-order chi connectivity index (χ0) is 13.4. The molecule has 0 spiro atoms. The Morgan fingerprint density at radius 2 is 2.28 bits per heavy atom. The van der Waals surface area contributed by atoms with Gasteiger partial charge in [0.1, 0.15) is 0 Å². The van der Waals surface area contributed by atoms with Crippen LogP contribution in [0.5, 0.6) is 0 Å². The standard InChI is InChI=1S/C13H22BN3O/c1-3-7-14-10-17-9-12(6-8-15)13(16)5-4-11(2)18-14/h4-6,8-9,17H,3,7,10,15-16H2,1-2H3/b8-6-,11-4+,12-9+,13-5+. The van der Waals surface area contributed by atoms with Gasteiger partial charge in [0.05, 0.1) is 5.76 Å². The summed E-state index contributed by atoms with van der Waals surface area (Å²) in [5, 5.41) is 3.23. The molecule has 0 aromatic carbocycles. The lowest BCUT2D eigenvalue weighted by Crippen LogP contribution is -2.30. The van der Waals surface area contributed by atoms with Crippen LogP contribution in [0.2, 0.25) is 6.32 Å². The van der Waals surface area contributed by atoms with E-state index < -0.39 is 0 Å². The average molecular weight is 247 g/mol. The van der Waals surface area contributed by atoms with Crippen molar-refractivity contribution in [1.82, 2.24) is 5.32 Å². The van der Waals surface area contributed by atoms with Crippen molar-refractivity contribution in [2.45, 2.75) is 26.6 Å². The molecule has 1 heterocycles. The first-order chi connectivity index (χ1) is 8.67. The minimum absolute atomic E-state index is 0.179. The van der Waals surface area contributed by atoms with Gasteiger partial charge in [-0.25, -0.2) is 0 Å². The number of nitrogens with one attached hydrogen (secondary N) is 1. The van der Waals surface area contributed by atoms with Crippen LogP contribution in [0.3, 0.4) is 0 Å². The van der Waals surface area contributed by atoms with Gasteiger partial charge in [-0.15, -0.1) is 0 Å². The van der Waals surface area contributed by atoms with Gasteiger partial charge in [0.25, 0.3) is 0 Å². The molecule has 0 aromatic heterocycles. The molecule has 0 fully saturated rings. The Bertz CT molecular complexity index is 386. The molecule has 98 valence electrons. The summed E-state index contributed by atoms with van der Waals surface area (Å²) >= 11 is 0. The van der Waals surface area contributed by atoms with Gasteiger partial charge >= 0.3 is 6.92 Å². The smallest absolute Gasteiger partial charge is 0.376 e. The van der Waals surface area contributed by atoms with Crippen LogP contribution in [0.4, 0.5) is 0 Å². The van der Waals surface area contributed by atoms with Crippen LogP contribution in [0.25, 0.3) is 0 Å². The molecule has 0 bridgehead atoms. The first-order valence-corrected chi connectivity index (χ1v) is 6.30. The van der Waals surface area contributed by atoms with E-state index in [1.807, 2.05) is 25.3 Å². The van der Waals surface area contributed by atoms with Crippen LogP contribution in [0, 0.1) is 0 Å². The minimum atomic E-state index is 0.179. The third-order valence-corrected chi connectivity index (χ3v) is 2.67. The van der Waals surface area contributed by atoms with Gasteiger partial charge in [0.15, 0.2) is 0 Å². The van der Waals surface area contributed by atoms with Crippen molar-refractivity contribution in [3.05, 3.63) is 47.7 Å². The van der Waals surface area contributed by atoms with E-state index in [9.17, 15) is 0 Å². The molecule has 1 rings (SSSR count). The minimum Gasteiger partial charge on any atom is -0.562 e. The topological polar surface area (TPSA) is 73.3 Å². The van der Waals surface area contributed by atoms with Crippen molar-refractivity contribution in [2.24, 2.45) is 11.5 Å². The highest BCUT2D eigenvalue weighted by Gasteiger charge is 2.16. The molecule has 4 nitrogen and oxygen atoms in total. The Balaban J connectivity index is 2.91. The summed E-state index contributed by atoms with van der Waals surface area (Å²) in [5.74, 6) is 0.871. The highest BCUT2D eigenvalue weighted by atomic mass is 16.4. The highest BCUT2D eigenvalue weighted by Crippen LogP contribution is 2.10. The number of nitrogens with two attached hydrogens (primary N) is 2. The largest absolute Gasteiger partial charge is 0.562 e. The van der Waals surface area contributed by atoms with E-state index in [4.69, 9.17) is 16.1 Å². The second kappa shape index (κ2) is 7.53. The Morgan fingerprint density at radius 1 is 1.50 bits per heavy atom. The maximum atomic E-state index is 5.96. The van der Waals surface area contributed by atoms with Gasteiger partial charge in [-0.2, -0.15) is 0 Å². The molecule has 0 aliphatic carbocycles. The number of allylic oxidation sites excluding steroid dienone is 4. The molecular weight excluding hydrogens is 225 g/mol. The zero-order valence-electron chi connectivity index (χ0n) is 11.1. The third kappa shape index (κ3) is 4.61. The first-order valence-electron chi connectivity index (χ1n) is 6.30. The van der Waals surface area contributed by atoms with Crippen molar-refractivity contribution in [3.63, 3.8) is 0 Å². The average Bonchev–Trinajstić information content (AvgIpc) is 2.34.